The molecule has 7 heteroatoms. The average Bonchev–Trinajstić information content (AvgIpc) is 3.12. The van der Waals surface area contributed by atoms with Crippen molar-refractivity contribution in [2.75, 3.05) is 6.54 Å². The van der Waals surface area contributed by atoms with Gasteiger partial charge in [-0.25, -0.2) is 4.39 Å². The highest BCUT2D eigenvalue weighted by Crippen LogP contribution is 2.23. The quantitative estimate of drug-likeness (QED) is 0.649. The molecule has 1 aromatic heterocycles. The van der Waals surface area contributed by atoms with E-state index < -0.39 is 0 Å². The Kier molecular flexibility index (Phi) is 6.01. The predicted molar refractivity (Wildman–Crippen MR) is 99.8 cm³/mol. The molecule has 0 radical (unpaired) electrons. The highest BCUT2D eigenvalue weighted by Gasteiger charge is 2.18. The van der Waals surface area contributed by atoms with Gasteiger partial charge < -0.3 is 5.32 Å². The Morgan fingerprint density at radius 2 is 1.92 bits per heavy atom. The van der Waals surface area contributed by atoms with E-state index in [9.17, 15) is 9.18 Å². The number of nitrogens with one attached hydrogen (secondary N) is 1. The van der Waals surface area contributed by atoms with Gasteiger partial charge in [-0.1, -0.05) is 42.1 Å². The zero-order chi connectivity index (χ0) is 18.4. The monoisotopic (exact) mass is 370 g/mol. The van der Waals surface area contributed by atoms with Crippen molar-refractivity contribution >= 4 is 17.7 Å². The molecule has 1 amide bonds. The molecule has 1 heterocycles. The summed E-state index contributed by atoms with van der Waals surface area (Å²) in [4.78, 5) is 12.3. The Bertz CT molecular complexity index is 851. The van der Waals surface area contributed by atoms with Crippen LogP contribution in [0.4, 0.5) is 4.39 Å². The van der Waals surface area contributed by atoms with Gasteiger partial charge in [-0.2, -0.15) is 0 Å². The molecule has 3 aromatic rings. The number of aromatic nitrogens is 3. The van der Waals surface area contributed by atoms with Crippen molar-refractivity contribution in [3.63, 3.8) is 0 Å². The molecule has 5 nitrogen and oxygen atoms in total. The largest absolute Gasteiger partial charge is 0.355 e. The molecule has 0 bridgehead atoms. The number of amides is 1. The van der Waals surface area contributed by atoms with Crippen molar-refractivity contribution in [1.29, 1.82) is 0 Å². The lowest BCUT2D eigenvalue weighted by atomic mass is 10.1. The van der Waals surface area contributed by atoms with Crippen LogP contribution in [0.2, 0.25) is 0 Å². The molecule has 1 N–H and O–H groups in total. The van der Waals surface area contributed by atoms with Crippen molar-refractivity contribution in [2.24, 2.45) is 0 Å². The van der Waals surface area contributed by atoms with Crippen LogP contribution in [-0.2, 0) is 11.2 Å². The van der Waals surface area contributed by atoms with E-state index in [4.69, 9.17) is 0 Å². The second-order valence-corrected chi connectivity index (χ2v) is 7.05. The molecule has 2 aromatic carbocycles. The third-order valence-electron chi connectivity index (χ3n) is 3.83. The number of para-hydroxylation sites is 1. The molecule has 1 atom stereocenters. The molecular weight excluding hydrogens is 351 g/mol. The first kappa shape index (κ1) is 18.1. The number of carbonyl (C=O) groups excluding carboxylic acids is 1. The van der Waals surface area contributed by atoms with Crippen molar-refractivity contribution in [3.8, 4) is 5.69 Å². The van der Waals surface area contributed by atoms with Crippen LogP contribution < -0.4 is 5.32 Å². The summed E-state index contributed by atoms with van der Waals surface area (Å²) in [6, 6.07) is 16.0. The first-order valence-corrected chi connectivity index (χ1v) is 9.15. The van der Waals surface area contributed by atoms with Gasteiger partial charge in [-0.15, -0.1) is 10.2 Å². The van der Waals surface area contributed by atoms with E-state index in [0.29, 0.717) is 18.1 Å². The lowest BCUT2D eigenvalue weighted by Gasteiger charge is -2.12. The number of carbonyl (C=O) groups is 1. The fraction of sp³-hybridized carbons (Fsp3) is 0.211. The fourth-order valence-corrected chi connectivity index (χ4v) is 3.27. The maximum absolute atomic E-state index is 12.9. The average molecular weight is 370 g/mol. The lowest BCUT2D eigenvalue weighted by molar-refractivity contribution is -0.120. The van der Waals surface area contributed by atoms with E-state index >= 15 is 0 Å². The van der Waals surface area contributed by atoms with Crippen LogP contribution in [0.1, 0.15) is 12.5 Å². The molecule has 0 fully saturated rings. The van der Waals surface area contributed by atoms with Crippen LogP contribution in [-0.4, -0.2) is 32.5 Å². The normalized spacial score (nSPS) is 11.9. The molecular formula is C19H19FN4OS. The number of thioether (sulfide) groups is 1. The number of benzene rings is 2. The van der Waals surface area contributed by atoms with E-state index in [1.54, 1.807) is 18.5 Å². The second-order valence-electron chi connectivity index (χ2n) is 5.75. The summed E-state index contributed by atoms with van der Waals surface area (Å²) in [7, 11) is 0. The van der Waals surface area contributed by atoms with Gasteiger partial charge in [0.05, 0.1) is 5.25 Å². The Morgan fingerprint density at radius 3 is 2.65 bits per heavy atom. The van der Waals surface area contributed by atoms with Gasteiger partial charge >= 0.3 is 0 Å². The first-order valence-electron chi connectivity index (χ1n) is 8.28. The predicted octanol–water partition coefficient (Wildman–Crippen LogP) is 3.25. The third kappa shape index (κ3) is 4.70. The standard InChI is InChI=1S/C19H19FN4OS/c1-14(18(25)21-12-11-15-7-9-16(20)10-8-15)26-19-23-22-13-24(19)17-5-3-2-4-6-17/h2-10,13-14H,11-12H2,1H3,(H,21,25)/t14-/m0/s1. The minimum absolute atomic E-state index is 0.0697. The molecule has 3 rings (SSSR count). The Morgan fingerprint density at radius 1 is 1.19 bits per heavy atom. The highest BCUT2D eigenvalue weighted by atomic mass is 32.2. The summed E-state index contributed by atoms with van der Waals surface area (Å²) in [5.41, 5.74) is 1.93. The van der Waals surface area contributed by atoms with Gasteiger partial charge in [-0.3, -0.25) is 9.36 Å². The highest BCUT2D eigenvalue weighted by molar-refractivity contribution is 8.00. The molecule has 0 aliphatic heterocycles. The molecule has 0 unspecified atom stereocenters. The zero-order valence-corrected chi connectivity index (χ0v) is 15.1. The van der Waals surface area contributed by atoms with Gasteiger partial charge in [0, 0.05) is 12.2 Å². The SMILES string of the molecule is C[C@H](Sc1nncn1-c1ccccc1)C(=O)NCCc1ccc(F)cc1. The summed E-state index contributed by atoms with van der Waals surface area (Å²) in [6.07, 6.45) is 2.29. The van der Waals surface area contributed by atoms with Gasteiger partial charge in [-0.05, 0) is 43.2 Å². The lowest BCUT2D eigenvalue weighted by Crippen LogP contribution is -2.32. The van der Waals surface area contributed by atoms with Crippen LogP contribution in [0.15, 0.2) is 66.1 Å². The van der Waals surface area contributed by atoms with E-state index in [2.05, 4.69) is 15.5 Å². The van der Waals surface area contributed by atoms with Gasteiger partial charge in [0.25, 0.3) is 0 Å². The van der Waals surface area contributed by atoms with Crippen LogP contribution >= 0.6 is 11.8 Å². The smallest absolute Gasteiger partial charge is 0.233 e. The summed E-state index contributed by atoms with van der Waals surface area (Å²) in [5.74, 6) is -0.329. The van der Waals surface area contributed by atoms with E-state index in [0.717, 1.165) is 11.3 Å². The van der Waals surface area contributed by atoms with Crippen LogP contribution in [0.3, 0.4) is 0 Å². The third-order valence-corrected chi connectivity index (χ3v) is 4.89. The molecule has 26 heavy (non-hydrogen) atoms. The summed E-state index contributed by atoms with van der Waals surface area (Å²) in [5, 5.41) is 11.3. The van der Waals surface area contributed by atoms with Crippen molar-refractivity contribution in [1.82, 2.24) is 20.1 Å². The number of hydrogen-bond donors (Lipinski definition) is 1. The molecule has 0 aliphatic carbocycles. The van der Waals surface area contributed by atoms with Crippen LogP contribution in [0, 0.1) is 5.82 Å². The Balaban J connectivity index is 1.53. The number of hydrogen-bond acceptors (Lipinski definition) is 4. The summed E-state index contributed by atoms with van der Waals surface area (Å²) in [6.45, 7) is 2.34. The molecule has 0 saturated carbocycles. The van der Waals surface area contributed by atoms with Crippen LogP contribution in [0.25, 0.3) is 5.69 Å². The number of halogens is 1. The topological polar surface area (TPSA) is 59.8 Å². The summed E-state index contributed by atoms with van der Waals surface area (Å²) < 4.78 is 14.7. The van der Waals surface area contributed by atoms with E-state index in [-0.39, 0.29) is 17.0 Å². The zero-order valence-electron chi connectivity index (χ0n) is 14.3. The maximum atomic E-state index is 12.9. The van der Waals surface area contributed by atoms with Gasteiger partial charge in [0.15, 0.2) is 5.16 Å². The number of nitrogens with zero attached hydrogens (tertiary/aromatic N) is 3. The molecule has 0 saturated heterocycles. The molecule has 134 valence electrons. The van der Waals surface area contributed by atoms with Gasteiger partial charge in [0.1, 0.15) is 12.1 Å². The maximum Gasteiger partial charge on any atom is 0.233 e. The second kappa shape index (κ2) is 8.62. The minimum atomic E-state index is -0.310. The van der Waals surface area contributed by atoms with Crippen molar-refractivity contribution in [2.45, 2.75) is 23.8 Å². The molecule has 0 aliphatic rings. The molecule has 0 spiro atoms. The first-order chi connectivity index (χ1) is 12.6. The Labute approximate surface area is 155 Å². The minimum Gasteiger partial charge on any atom is -0.355 e. The Hall–Kier alpha value is -2.67. The van der Waals surface area contributed by atoms with Crippen LogP contribution in [0.5, 0.6) is 0 Å². The fourth-order valence-electron chi connectivity index (χ4n) is 2.41. The van der Waals surface area contributed by atoms with E-state index in [1.807, 2.05) is 41.8 Å². The van der Waals surface area contributed by atoms with Crippen molar-refractivity contribution < 1.29 is 9.18 Å². The number of rotatable bonds is 7. The van der Waals surface area contributed by atoms with Crippen molar-refractivity contribution in [3.05, 3.63) is 72.3 Å². The van der Waals surface area contributed by atoms with E-state index in [1.165, 1.54) is 23.9 Å². The van der Waals surface area contributed by atoms with Gasteiger partial charge in [0.2, 0.25) is 5.91 Å². The summed E-state index contributed by atoms with van der Waals surface area (Å²) >= 11 is 1.36.